The molecule has 3 aromatic rings. The summed E-state index contributed by atoms with van der Waals surface area (Å²) in [5, 5.41) is 3.45. The molecule has 0 aliphatic heterocycles. The number of nitrogens with zero attached hydrogens (tertiary/aromatic N) is 1. The summed E-state index contributed by atoms with van der Waals surface area (Å²) in [5.41, 5.74) is 2.23. The number of pyridine rings is 1. The van der Waals surface area contributed by atoms with Crippen LogP contribution in [-0.2, 0) is 0 Å². The fourth-order valence-corrected chi connectivity index (χ4v) is 2.53. The number of nitrogens with one attached hydrogen (secondary N) is 1. The molecule has 2 aromatic carbocycles. The van der Waals surface area contributed by atoms with Gasteiger partial charge in [0, 0.05) is 16.6 Å². The number of aryl methyl sites for hydroxylation is 1. The predicted octanol–water partition coefficient (Wildman–Crippen LogP) is 4.89. The molecular weight excluding hydrogens is 331 g/mol. The van der Waals surface area contributed by atoms with Crippen molar-refractivity contribution >= 4 is 22.5 Å². The van der Waals surface area contributed by atoms with Crippen LogP contribution >= 0.6 is 0 Å². The Hall–Kier alpha value is -3.21. The molecule has 0 radical (unpaired) electrons. The highest BCUT2D eigenvalue weighted by atomic mass is 19.1. The lowest BCUT2D eigenvalue weighted by Crippen LogP contribution is -2.13. The average Bonchev–Trinajstić information content (AvgIpc) is 2.64. The summed E-state index contributed by atoms with van der Waals surface area (Å²) < 4.78 is 19.9. The van der Waals surface area contributed by atoms with Crippen LogP contribution in [0.25, 0.3) is 10.9 Å². The Morgan fingerprint density at radius 3 is 2.92 bits per heavy atom. The van der Waals surface area contributed by atoms with Crippen LogP contribution in [0.2, 0.25) is 0 Å². The van der Waals surface area contributed by atoms with Crippen LogP contribution in [0, 0.1) is 12.7 Å². The topological polar surface area (TPSA) is 51.2 Å². The third-order valence-electron chi connectivity index (χ3n) is 3.88. The van der Waals surface area contributed by atoms with Crippen molar-refractivity contribution in [3.05, 3.63) is 78.3 Å². The Balaban J connectivity index is 1.80. The lowest BCUT2D eigenvalue weighted by molar-refractivity contribution is 0.102. The maximum absolute atomic E-state index is 14.5. The maximum Gasteiger partial charge on any atom is 0.255 e. The Morgan fingerprint density at radius 1 is 1.27 bits per heavy atom. The Morgan fingerprint density at radius 2 is 2.12 bits per heavy atom. The van der Waals surface area contributed by atoms with E-state index >= 15 is 0 Å². The largest absolute Gasteiger partial charge is 0.490 e. The Labute approximate surface area is 151 Å². The van der Waals surface area contributed by atoms with E-state index in [0.29, 0.717) is 18.6 Å². The van der Waals surface area contributed by atoms with Gasteiger partial charge in [0.2, 0.25) is 0 Å². The third kappa shape index (κ3) is 3.88. The first-order chi connectivity index (χ1) is 12.6. The highest BCUT2D eigenvalue weighted by Crippen LogP contribution is 2.25. The van der Waals surface area contributed by atoms with Gasteiger partial charge in [-0.15, -0.1) is 6.58 Å². The molecule has 1 heterocycles. The second-order valence-electron chi connectivity index (χ2n) is 5.86. The second kappa shape index (κ2) is 7.78. The maximum atomic E-state index is 14.5. The molecule has 1 amide bonds. The lowest BCUT2D eigenvalue weighted by Gasteiger charge is -2.11. The van der Waals surface area contributed by atoms with Gasteiger partial charge in [-0.3, -0.25) is 9.78 Å². The minimum Gasteiger partial charge on any atom is -0.490 e. The smallest absolute Gasteiger partial charge is 0.255 e. The van der Waals surface area contributed by atoms with Crippen LogP contribution in [0.4, 0.5) is 10.1 Å². The molecule has 0 aliphatic carbocycles. The first-order valence-electron chi connectivity index (χ1n) is 8.29. The molecule has 1 N–H and O–H groups in total. The van der Waals surface area contributed by atoms with E-state index in [9.17, 15) is 9.18 Å². The van der Waals surface area contributed by atoms with Crippen molar-refractivity contribution < 1.29 is 13.9 Å². The zero-order valence-corrected chi connectivity index (χ0v) is 14.5. The number of anilines is 1. The Kier molecular flexibility index (Phi) is 5.27. The van der Waals surface area contributed by atoms with Crippen molar-refractivity contribution in [1.29, 1.82) is 0 Å². The number of aromatic nitrogens is 1. The molecule has 1 aromatic heterocycles. The summed E-state index contributed by atoms with van der Waals surface area (Å²) in [4.78, 5) is 16.9. The summed E-state index contributed by atoms with van der Waals surface area (Å²) in [6.45, 7) is 5.83. The van der Waals surface area contributed by atoms with Crippen molar-refractivity contribution in [2.45, 2.75) is 13.3 Å². The van der Waals surface area contributed by atoms with Crippen molar-refractivity contribution in [3.8, 4) is 5.75 Å². The van der Waals surface area contributed by atoms with Gasteiger partial charge in [-0.05, 0) is 49.7 Å². The number of hydrogen-bond acceptors (Lipinski definition) is 3. The van der Waals surface area contributed by atoms with Crippen LogP contribution in [0.3, 0.4) is 0 Å². The van der Waals surface area contributed by atoms with E-state index in [1.54, 1.807) is 30.3 Å². The molecule has 0 fully saturated rings. The number of benzene rings is 2. The van der Waals surface area contributed by atoms with E-state index in [4.69, 9.17) is 4.74 Å². The zero-order chi connectivity index (χ0) is 18.5. The van der Waals surface area contributed by atoms with Crippen LogP contribution in [0.15, 0.2) is 61.2 Å². The molecule has 0 unspecified atom stereocenters. The van der Waals surface area contributed by atoms with Gasteiger partial charge in [-0.2, -0.15) is 0 Å². The quantitative estimate of drug-likeness (QED) is 0.509. The monoisotopic (exact) mass is 350 g/mol. The number of carbonyl (C=O) groups excluding carboxylic acids is 1. The first-order valence-corrected chi connectivity index (χ1v) is 8.29. The molecule has 26 heavy (non-hydrogen) atoms. The minimum atomic E-state index is -0.594. The number of ether oxygens (including phenoxy) is 1. The van der Waals surface area contributed by atoms with Gasteiger partial charge in [-0.25, -0.2) is 4.39 Å². The van der Waals surface area contributed by atoms with Crippen molar-refractivity contribution in [2.24, 2.45) is 0 Å². The SMILES string of the molecule is C=CCCOc1cccc(NC(=O)c2ccc3nc(C)ccc3c2)c1F. The number of rotatable bonds is 6. The normalized spacial score (nSPS) is 10.5. The van der Waals surface area contributed by atoms with E-state index in [2.05, 4.69) is 16.9 Å². The van der Waals surface area contributed by atoms with Gasteiger partial charge in [0.25, 0.3) is 5.91 Å². The van der Waals surface area contributed by atoms with Gasteiger partial charge >= 0.3 is 0 Å². The molecule has 4 nitrogen and oxygen atoms in total. The molecular formula is C21H19FN2O2. The fourth-order valence-electron chi connectivity index (χ4n) is 2.53. The van der Waals surface area contributed by atoms with Crippen molar-refractivity contribution in [3.63, 3.8) is 0 Å². The molecule has 0 atom stereocenters. The van der Waals surface area contributed by atoms with Gasteiger partial charge in [0.1, 0.15) is 0 Å². The lowest BCUT2D eigenvalue weighted by atomic mass is 10.1. The fraction of sp³-hybridized carbons (Fsp3) is 0.143. The Bertz CT molecular complexity index is 969. The number of hydrogen-bond donors (Lipinski definition) is 1. The van der Waals surface area contributed by atoms with Crippen molar-refractivity contribution in [2.75, 3.05) is 11.9 Å². The number of amides is 1. The molecule has 0 saturated carbocycles. The molecule has 0 bridgehead atoms. The van der Waals surface area contributed by atoms with Gasteiger partial charge < -0.3 is 10.1 Å². The summed E-state index contributed by atoms with van der Waals surface area (Å²) in [6.07, 6.45) is 2.31. The summed E-state index contributed by atoms with van der Waals surface area (Å²) in [7, 11) is 0. The summed E-state index contributed by atoms with van der Waals surface area (Å²) >= 11 is 0. The van der Waals surface area contributed by atoms with Gasteiger partial charge in [-0.1, -0.05) is 18.2 Å². The van der Waals surface area contributed by atoms with E-state index in [0.717, 1.165) is 16.6 Å². The second-order valence-corrected chi connectivity index (χ2v) is 5.86. The average molecular weight is 350 g/mol. The highest BCUT2D eigenvalue weighted by molar-refractivity contribution is 6.06. The minimum absolute atomic E-state index is 0.0771. The molecule has 5 heteroatoms. The predicted molar refractivity (Wildman–Crippen MR) is 101 cm³/mol. The van der Waals surface area contributed by atoms with Gasteiger partial charge in [0.15, 0.2) is 11.6 Å². The number of carbonyl (C=O) groups is 1. The molecule has 3 rings (SSSR count). The molecule has 132 valence electrons. The number of halogens is 1. The van der Waals surface area contributed by atoms with Gasteiger partial charge in [0.05, 0.1) is 17.8 Å². The molecule has 0 aliphatic rings. The first kappa shape index (κ1) is 17.6. The molecule has 0 spiro atoms. The van der Waals surface area contributed by atoms with E-state index in [1.165, 1.54) is 12.1 Å². The van der Waals surface area contributed by atoms with Crippen LogP contribution in [0.1, 0.15) is 22.5 Å². The number of fused-ring (bicyclic) bond motifs is 1. The van der Waals surface area contributed by atoms with E-state index in [1.807, 2.05) is 19.1 Å². The van der Waals surface area contributed by atoms with Crippen LogP contribution in [0.5, 0.6) is 5.75 Å². The van der Waals surface area contributed by atoms with Crippen molar-refractivity contribution in [1.82, 2.24) is 4.98 Å². The zero-order valence-electron chi connectivity index (χ0n) is 14.5. The highest BCUT2D eigenvalue weighted by Gasteiger charge is 2.13. The van der Waals surface area contributed by atoms with Crippen LogP contribution in [-0.4, -0.2) is 17.5 Å². The van der Waals surface area contributed by atoms with Crippen LogP contribution < -0.4 is 10.1 Å². The van der Waals surface area contributed by atoms with E-state index < -0.39 is 11.7 Å². The standard InChI is InChI=1S/C21H19FN2O2/c1-3-4-12-26-19-7-5-6-18(20(19)22)24-21(25)16-10-11-17-15(13-16)9-8-14(2)23-17/h3,5-11,13H,1,4,12H2,2H3,(H,24,25). The summed E-state index contributed by atoms with van der Waals surface area (Å²) in [5.74, 6) is -0.888. The van der Waals surface area contributed by atoms with E-state index in [-0.39, 0.29) is 11.4 Å². The summed E-state index contributed by atoms with van der Waals surface area (Å²) in [6, 6.07) is 13.6. The molecule has 0 saturated heterocycles. The third-order valence-corrected chi connectivity index (χ3v) is 3.88.